The molecule has 0 spiro atoms. The van der Waals surface area contributed by atoms with E-state index < -0.39 is 11.8 Å². The van der Waals surface area contributed by atoms with E-state index in [-0.39, 0.29) is 23.8 Å². The molecule has 1 saturated heterocycles. The number of carbonyl (C=O) groups is 1. The second-order valence-corrected chi connectivity index (χ2v) is 10.6. The zero-order chi connectivity index (χ0) is 23.5. The Hall–Kier alpha value is -1.90. The van der Waals surface area contributed by atoms with Crippen LogP contribution < -0.4 is 0 Å². The quantitative estimate of drug-likeness (QED) is 0.450. The highest BCUT2D eigenvalue weighted by Crippen LogP contribution is 2.53. The van der Waals surface area contributed by atoms with E-state index in [1.807, 2.05) is 0 Å². The summed E-state index contributed by atoms with van der Waals surface area (Å²) in [5, 5.41) is 8.92. The van der Waals surface area contributed by atoms with Gasteiger partial charge in [0.1, 0.15) is 12.4 Å². The predicted molar refractivity (Wildman–Crippen MR) is 125 cm³/mol. The summed E-state index contributed by atoms with van der Waals surface area (Å²) < 4.78 is 26.5. The van der Waals surface area contributed by atoms with Gasteiger partial charge in [-0.25, -0.2) is 9.18 Å². The van der Waals surface area contributed by atoms with E-state index in [4.69, 9.17) is 14.6 Å². The second kappa shape index (κ2) is 10.6. The topological polar surface area (TPSA) is 55.8 Å². The molecular formula is C28H37FO4. The fourth-order valence-corrected chi connectivity index (χ4v) is 6.65. The van der Waals surface area contributed by atoms with E-state index in [0.717, 1.165) is 42.1 Å². The first-order valence-corrected chi connectivity index (χ1v) is 12.6. The summed E-state index contributed by atoms with van der Waals surface area (Å²) in [5.41, 5.74) is 0.0994. The molecule has 1 aliphatic heterocycles. The van der Waals surface area contributed by atoms with Crippen LogP contribution in [0, 0.1) is 53.2 Å². The maximum atomic E-state index is 14.0. The molecule has 2 saturated carbocycles. The van der Waals surface area contributed by atoms with Crippen LogP contribution in [0.4, 0.5) is 4.39 Å². The molecule has 180 valence electrons. The summed E-state index contributed by atoms with van der Waals surface area (Å²) in [6.45, 7) is 7.99. The minimum Gasteiger partial charge on any atom is -0.478 e. The lowest BCUT2D eigenvalue weighted by atomic mass is 9.59. The second-order valence-electron chi connectivity index (χ2n) is 10.6. The van der Waals surface area contributed by atoms with E-state index >= 15 is 0 Å². The van der Waals surface area contributed by atoms with Gasteiger partial charge in [0.05, 0.1) is 29.9 Å². The van der Waals surface area contributed by atoms with Crippen molar-refractivity contribution in [3.05, 3.63) is 35.1 Å². The molecule has 1 heterocycles. The van der Waals surface area contributed by atoms with Crippen molar-refractivity contribution in [3.8, 4) is 11.8 Å². The number of hydrogen-bond donors (Lipinski definition) is 1. The Kier molecular flexibility index (Phi) is 7.76. The molecule has 1 N–H and O–H groups in total. The van der Waals surface area contributed by atoms with Crippen molar-refractivity contribution in [2.75, 3.05) is 13.2 Å². The van der Waals surface area contributed by atoms with Crippen molar-refractivity contribution in [1.29, 1.82) is 0 Å². The standard InChI is InChI=1S/C28H37FO4/c1-17-6-10-22-18(2)7-11-23-19(3)25(33-26(15-17)27(22)23)12-14-32-13-4-5-20-8-9-21(28(30)31)16-24(20)29/h8-9,16-19,22-23,25-27H,6-7,10-15H2,1-3H3,(H,30,31)/t17?,18-,19-,22+,23+,25-,26-,27?/m1/s1. The molecule has 4 rings (SSSR count). The molecule has 2 aliphatic carbocycles. The Morgan fingerprint density at radius 1 is 1.18 bits per heavy atom. The van der Waals surface area contributed by atoms with Crippen molar-refractivity contribution in [1.82, 2.24) is 0 Å². The van der Waals surface area contributed by atoms with Gasteiger partial charge in [-0.1, -0.05) is 45.5 Å². The van der Waals surface area contributed by atoms with E-state index in [1.165, 1.54) is 44.2 Å². The normalized spacial score (nSPS) is 35.6. The Balaban J connectivity index is 1.30. The minimum absolute atomic E-state index is 0.0834. The van der Waals surface area contributed by atoms with Crippen LogP contribution in [-0.2, 0) is 9.47 Å². The molecule has 0 amide bonds. The van der Waals surface area contributed by atoms with Gasteiger partial charge >= 0.3 is 5.97 Å². The molecule has 0 radical (unpaired) electrons. The molecule has 1 aromatic carbocycles. The van der Waals surface area contributed by atoms with Crippen molar-refractivity contribution >= 4 is 5.97 Å². The average molecular weight is 457 g/mol. The first kappa shape index (κ1) is 24.2. The van der Waals surface area contributed by atoms with Gasteiger partial charge in [-0.05, 0) is 79.4 Å². The van der Waals surface area contributed by atoms with Crippen LogP contribution in [0.15, 0.2) is 18.2 Å². The fourth-order valence-electron chi connectivity index (χ4n) is 6.65. The molecule has 1 aromatic rings. The van der Waals surface area contributed by atoms with Crippen LogP contribution in [0.1, 0.15) is 75.2 Å². The fraction of sp³-hybridized carbons (Fsp3) is 0.679. The number of carboxylic acids is 1. The molecule has 3 fully saturated rings. The lowest BCUT2D eigenvalue weighted by molar-refractivity contribution is -0.179. The summed E-state index contributed by atoms with van der Waals surface area (Å²) in [5.74, 6) is 8.19. The van der Waals surface area contributed by atoms with E-state index in [9.17, 15) is 9.18 Å². The van der Waals surface area contributed by atoms with Crippen LogP contribution in [0.3, 0.4) is 0 Å². The largest absolute Gasteiger partial charge is 0.478 e. The van der Waals surface area contributed by atoms with Gasteiger partial charge in [-0.3, -0.25) is 0 Å². The van der Waals surface area contributed by atoms with Crippen molar-refractivity contribution in [2.45, 2.75) is 71.5 Å². The molecule has 4 nitrogen and oxygen atoms in total. The van der Waals surface area contributed by atoms with Gasteiger partial charge < -0.3 is 14.6 Å². The predicted octanol–water partition coefficient (Wildman–Crippen LogP) is 5.78. The molecule has 0 bridgehead atoms. The van der Waals surface area contributed by atoms with E-state index in [0.29, 0.717) is 18.6 Å². The lowest BCUT2D eigenvalue weighted by Gasteiger charge is -2.53. The van der Waals surface area contributed by atoms with Gasteiger partial charge in [-0.2, -0.15) is 0 Å². The molecular weight excluding hydrogens is 419 g/mol. The van der Waals surface area contributed by atoms with Crippen LogP contribution in [0.2, 0.25) is 0 Å². The molecule has 5 heteroatoms. The number of rotatable bonds is 5. The molecule has 2 unspecified atom stereocenters. The molecule has 8 atom stereocenters. The van der Waals surface area contributed by atoms with E-state index in [2.05, 4.69) is 32.6 Å². The maximum Gasteiger partial charge on any atom is 0.335 e. The summed E-state index contributed by atoms with van der Waals surface area (Å²) in [7, 11) is 0. The Bertz CT molecular complexity index is 903. The molecule has 0 aromatic heterocycles. The summed E-state index contributed by atoms with van der Waals surface area (Å²) in [6.07, 6.45) is 8.03. The van der Waals surface area contributed by atoms with Crippen molar-refractivity contribution in [2.24, 2.45) is 35.5 Å². The monoisotopic (exact) mass is 456 g/mol. The highest BCUT2D eigenvalue weighted by Gasteiger charge is 2.50. The van der Waals surface area contributed by atoms with Crippen molar-refractivity contribution in [3.63, 3.8) is 0 Å². The number of aromatic carboxylic acids is 1. The van der Waals surface area contributed by atoms with Crippen molar-refractivity contribution < 1.29 is 23.8 Å². The van der Waals surface area contributed by atoms with Crippen LogP contribution in [0.5, 0.6) is 0 Å². The maximum absolute atomic E-state index is 14.0. The highest BCUT2D eigenvalue weighted by molar-refractivity contribution is 5.87. The number of benzene rings is 1. The minimum atomic E-state index is -1.15. The first-order valence-electron chi connectivity index (χ1n) is 12.6. The van der Waals surface area contributed by atoms with Gasteiger partial charge in [0, 0.05) is 0 Å². The molecule has 3 aliphatic rings. The molecule has 33 heavy (non-hydrogen) atoms. The smallest absolute Gasteiger partial charge is 0.335 e. The third-order valence-corrected chi connectivity index (χ3v) is 8.50. The third kappa shape index (κ3) is 5.44. The summed E-state index contributed by atoms with van der Waals surface area (Å²) in [6, 6.07) is 3.75. The first-order chi connectivity index (χ1) is 15.8. The van der Waals surface area contributed by atoms with E-state index in [1.54, 1.807) is 0 Å². The highest BCUT2D eigenvalue weighted by atomic mass is 19.1. The van der Waals surface area contributed by atoms with Crippen LogP contribution in [-0.4, -0.2) is 36.5 Å². The Morgan fingerprint density at radius 2 is 1.97 bits per heavy atom. The van der Waals surface area contributed by atoms with Gasteiger partial charge in [-0.15, -0.1) is 0 Å². The van der Waals surface area contributed by atoms with Gasteiger partial charge in [0.2, 0.25) is 0 Å². The zero-order valence-corrected chi connectivity index (χ0v) is 20.1. The Morgan fingerprint density at radius 3 is 2.73 bits per heavy atom. The van der Waals surface area contributed by atoms with Crippen LogP contribution in [0.25, 0.3) is 0 Å². The lowest BCUT2D eigenvalue weighted by Crippen LogP contribution is -2.52. The third-order valence-electron chi connectivity index (χ3n) is 8.50. The van der Waals surface area contributed by atoms with Gasteiger partial charge in [0.25, 0.3) is 0 Å². The zero-order valence-electron chi connectivity index (χ0n) is 20.1. The SMILES string of the molecule is CC1CC[C@@H]2C3[C@@H](CC[C@H]2C)[C@@H](C)[C@@H](CCOCC#Cc2ccc(C(=O)O)cc2F)O[C@@H]3C1. The number of ether oxygens (including phenoxy) is 2. The number of hydrogen-bond acceptors (Lipinski definition) is 3. The Labute approximate surface area is 197 Å². The summed E-state index contributed by atoms with van der Waals surface area (Å²) >= 11 is 0. The number of halogens is 1. The average Bonchev–Trinajstić information content (AvgIpc) is 2.95. The summed E-state index contributed by atoms with van der Waals surface area (Å²) in [4.78, 5) is 10.9. The van der Waals surface area contributed by atoms with Gasteiger partial charge in [0.15, 0.2) is 0 Å². The van der Waals surface area contributed by atoms with Crippen LogP contribution >= 0.6 is 0 Å². The number of carboxylic acid groups (broad SMARTS) is 1.